The quantitative estimate of drug-likeness (QED) is 0.920. The normalized spacial score (nSPS) is 10.3. The topological polar surface area (TPSA) is 62.6 Å². The second-order valence-corrected chi connectivity index (χ2v) is 5.00. The average molecular weight is 304 g/mol. The maximum absolute atomic E-state index is 13.2. The average Bonchev–Trinajstić information content (AvgIpc) is 3.02. The number of nitrogens with one attached hydrogen (secondary N) is 1. The molecule has 0 aliphatic heterocycles. The van der Waals surface area contributed by atoms with Gasteiger partial charge in [-0.15, -0.1) is 0 Å². The van der Waals surface area contributed by atoms with Crippen LogP contribution in [0.4, 0.5) is 4.39 Å². The predicted octanol–water partition coefficient (Wildman–Crippen LogP) is 2.12. The van der Waals surface area contributed by atoms with Gasteiger partial charge < -0.3 is 14.6 Å². The summed E-state index contributed by atoms with van der Waals surface area (Å²) in [6, 6.07) is 7.80. The third kappa shape index (κ3) is 3.94. The molecule has 2 rings (SSSR count). The van der Waals surface area contributed by atoms with Crippen molar-refractivity contribution in [3.63, 3.8) is 0 Å². The Balaban J connectivity index is 1.85. The number of benzene rings is 1. The molecule has 2 aromatic rings. The molecule has 1 aromatic heterocycles. The molecule has 0 saturated carbocycles. The number of amides is 2. The minimum absolute atomic E-state index is 0.0836. The Bertz CT molecular complexity index is 668. The monoisotopic (exact) mass is 304 g/mol. The van der Waals surface area contributed by atoms with E-state index in [-0.39, 0.29) is 36.5 Å². The van der Waals surface area contributed by atoms with Crippen LogP contribution in [0.5, 0.6) is 0 Å². The third-order valence-corrected chi connectivity index (χ3v) is 3.17. The van der Waals surface area contributed by atoms with Gasteiger partial charge in [-0.25, -0.2) is 4.39 Å². The van der Waals surface area contributed by atoms with Crippen molar-refractivity contribution in [3.05, 3.63) is 59.3 Å². The van der Waals surface area contributed by atoms with E-state index >= 15 is 0 Å². The van der Waals surface area contributed by atoms with Crippen LogP contribution in [-0.2, 0) is 11.3 Å². The molecule has 0 atom stereocenters. The Morgan fingerprint density at radius 3 is 2.73 bits per heavy atom. The van der Waals surface area contributed by atoms with Gasteiger partial charge in [0.2, 0.25) is 5.91 Å². The van der Waals surface area contributed by atoms with Crippen molar-refractivity contribution in [1.82, 2.24) is 10.2 Å². The van der Waals surface area contributed by atoms with Gasteiger partial charge in [0, 0.05) is 13.6 Å². The van der Waals surface area contributed by atoms with Gasteiger partial charge in [0.1, 0.15) is 5.82 Å². The molecule has 0 aliphatic rings. The number of hydrogen-bond acceptors (Lipinski definition) is 3. The van der Waals surface area contributed by atoms with Gasteiger partial charge >= 0.3 is 0 Å². The molecule has 1 aromatic carbocycles. The van der Waals surface area contributed by atoms with Crippen LogP contribution in [0.1, 0.15) is 21.7 Å². The van der Waals surface area contributed by atoms with Gasteiger partial charge in [0.25, 0.3) is 5.91 Å². The first-order chi connectivity index (χ1) is 10.5. The van der Waals surface area contributed by atoms with Crippen LogP contribution in [-0.4, -0.2) is 30.3 Å². The maximum atomic E-state index is 13.2. The smallest absolute Gasteiger partial charge is 0.289 e. The van der Waals surface area contributed by atoms with Gasteiger partial charge in [-0.1, -0.05) is 12.1 Å². The molecule has 6 heteroatoms. The fraction of sp³-hybridized carbons (Fsp3) is 0.250. The zero-order valence-corrected chi connectivity index (χ0v) is 12.4. The van der Waals surface area contributed by atoms with E-state index in [1.807, 2.05) is 0 Å². The Morgan fingerprint density at radius 1 is 1.32 bits per heavy atom. The number of carbonyl (C=O) groups excluding carboxylic acids is 2. The third-order valence-electron chi connectivity index (χ3n) is 3.17. The molecule has 1 heterocycles. The number of rotatable bonds is 5. The molecular formula is C16H17FN2O3. The van der Waals surface area contributed by atoms with Crippen molar-refractivity contribution < 1.29 is 18.4 Å². The molecule has 0 bridgehead atoms. The lowest BCUT2D eigenvalue weighted by atomic mass is 10.1. The highest BCUT2D eigenvalue weighted by Gasteiger charge is 2.16. The number of hydrogen-bond donors (Lipinski definition) is 1. The number of halogens is 1. The van der Waals surface area contributed by atoms with Crippen molar-refractivity contribution in [3.8, 4) is 0 Å². The second kappa shape index (κ2) is 6.89. The van der Waals surface area contributed by atoms with Gasteiger partial charge in [-0.3, -0.25) is 9.59 Å². The van der Waals surface area contributed by atoms with Crippen LogP contribution in [0.25, 0.3) is 0 Å². The van der Waals surface area contributed by atoms with E-state index in [0.29, 0.717) is 5.56 Å². The molecule has 116 valence electrons. The SMILES string of the molecule is Cc1cc(CNC(=O)CN(C)C(=O)c2ccco2)ccc1F. The summed E-state index contributed by atoms with van der Waals surface area (Å²) in [4.78, 5) is 25.0. The molecule has 0 fully saturated rings. The second-order valence-electron chi connectivity index (χ2n) is 5.00. The van der Waals surface area contributed by atoms with Crippen LogP contribution in [0, 0.1) is 12.7 Å². The van der Waals surface area contributed by atoms with Crippen LogP contribution in [0.15, 0.2) is 41.0 Å². The summed E-state index contributed by atoms with van der Waals surface area (Å²) in [5, 5.41) is 2.69. The number of likely N-dealkylation sites (N-methyl/N-ethyl adjacent to an activating group) is 1. The zero-order chi connectivity index (χ0) is 16.1. The molecule has 0 aliphatic carbocycles. The van der Waals surface area contributed by atoms with Crippen LogP contribution in [0.2, 0.25) is 0 Å². The van der Waals surface area contributed by atoms with E-state index < -0.39 is 0 Å². The summed E-state index contributed by atoms with van der Waals surface area (Å²) in [5.41, 5.74) is 1.32. The number of furan rings is 1. The minimum atomic E-state index is -0.363. The van der Waals surface area contributed by atoms with Gasteiger partial charge in [-0.2, -0.15) is 0 Å². The Kier molecular flexibility index (Phi) is 4.93. The number of nitrogens with zero attached hydrogens (tertiary/aromatic N) is 1. The van der Waals surface area contributed by atoms with Crippen molar-refractivity contribution in [2.45, 2.75) is 13.5 Å². The van der Waals surface area contributed by atoms with E-state index in [9.17, 15) is 14.0 Å². The molecule has 1 N–H and O–H groups in total. The summed E-state index contributed by atoms with van der Waals surface area (Å²) in [7, 11) is 1.52. The van der Waals surface area contributed by atoms with E-state index in [1.165, 1.54) is 30.3 Å². The number of carbonyl (C=O) groups is 2. The predicted molar refractivity (Wildman–Crippen MR) is 78.7 cm³/mol. The molecule has 0 unspecified atom stereocenters. The van der Waals surface area contributed by atoms with Crippen molar-refractivity contribution in [2.75, 3.05) is 13.6 Å². The van der Waals surface area contributed by atoms with E-state index in [4.69, 9.17) is 4.42 Å². The molecule has 22 heavy (non-hydrogen) atoms. The Labute approximate surface area is 127 Å². The van der Waals surface area contributed by atoms with E-state index in [2.05, 4.69) is 5.32 Å². The first-order valence-electron chi connectivity index (χ1n) is 6.78. The fourth-order valence-corrected chi connectivity index (χ4v) is 1.95. The molecular weight excluding hydrogens is 287 g/mol. The first kappa shape index (κ1) is 15.8. The van der Waals surface area contributed by atoms with Crippen LogP contribution >= 0.6 is 0 Å². The summed E-state index contributed by atoms with van der Waals surface area (Å²) in [5.74, 6) is -0.759. The Morgan fingerprint density at radius 2 is 2.09 bits per heavy atom. The minimum Gasteiger partial charge on any atom is -0.459 e. The van der Waals surface area contributed by atoms with Gasteiger partial charge in [0.05, 0.1) is 12.8 Å². The maximum Gasteiger partial charge on any atom is 0.289 e. The lowest BCUT2D eigenvalue weighted by Crippen LogP contribution is -2.38. The molecule has 0 spiro atoms. The molecule has 0 saturated heterocycles. The van der Waals surface area contributed by atoms with Crippen LogP contribution < -0.4 is 5.32 Å². The van der Waals surface area contributed by atoms with E-state index in [0.717, 1.165) is 5.56 Å². The largest absolute Gasteiger partial charge is 0.459 e. The summed E-state index contributed by atoms with van der Waals surface area (Å²) < 4.78 is 18.1. The van der Waals surface area contributed by atoms with Crippen LogP contribution in [0.3, 0.4) is 0 Å². The van der Waals surface area contributed by atoms with Crippen molar-refractivity contribution >= 4 is 11.8 Å². The fourth-order valence-electron chi connectivity index (χ4n) is 1.95. The molecule has 2 amide bonds. The number of aryl methyl sites for hydroxylation is 1. The lowest BCUT2D eigenvalue weighted by molar-refractivity contribution is -0.121. The van der Waals surface area contributed by atoms with Gasteiger partial charge in [-0.05, 0) is 36.2 Å². The van der Waals surface area contributed by atoms with Crippen molar-refractivity contribution in [2.24, 2.45) is 0 Å². The molecule has 0 radical (unpaired) electrons. The van der Waals surface area contributed by atoms with E-state index in [1.54, 1.807) is 25.1 Å². The highest BCUT2D eigenvalue weighted by molar-refractivity contribution is 5.94. The standard InChI is InChI=1S/C16H17FN2O3/c1-11-8-12(5-6-13(11)17)9-18-15(20)10-19(2)16(21)14-4-3-7-22-14/h3-8H,9-10H2,1-2H3,(H,18,20). The summed E-state index contributed by atoms with van der Waals surface area (Å²) >= 11 is 0. The summed E-state index contributed by atoms with van der Waals surface area (Å²) in [6.45, 7) is 1.86. The van der Waals surface area contributed by atoms with Crippen molar-refractivity contribution in [1.29, 1.82) is 0 Å². The highest BCUT2D eigenvalue weighted by atomic mass is 19.1. The summed E-state index contributed by atoms with van der Waals surface area (Å²) in [6.07, 6.45) is 1.40. The lowest BCUT2D eigenvalue weighted by Gasteiger charge is -2.15. The van der Waals surface area contributed by atoms with Gasteiger partial charge in [0.15, 0.2) is 5.76 Å². The Hall–Kier alpha value is -2.63. The first-order valence-corrected chi connectivity index (χ1v) is 6.78. The zero-order valence-electron chi connectivity index (χ0n) is 12.4. The highest BCUT2D eigenvalue weighted by Crippen LogP contribution is 2.09. The molecule has 5 nitrogen and oxygen atoms in total.